The summed E-state index contributed by atoms with van der Waals surface area (Å²) in [4.78, 5) is 0. The second-order valence-corrected chi connectivity index (χ2v) is 6.28. The average Bonchev–Trinajstić information content (AvgIpc) is 2.43. The number of benzene rings is 1. The zero-order chi connectivity index (χ0) is 14.7. The van der Waals surface area contributed by atoms with Crippen LogP contribution >= 0.6 is 0 Å². The number of hydrogen-bond donors (Lipinski definition) is 2. The first-order valence-electron chi connectivity index (χ1n) is 7.64. The van der Waals surface area contributed by atoms with E-state index < -0.39 is 0 Å². The largest absolute Gasteiger partial charge is 0.508 e. The molecule has 2 rings (SSSR count). The Morgan fingerprint density at radius 1 is 1.25 bits per heavy atom. The van der Waals surface area contributed by atoms with Gasteiger partial charge in [-0.15, -0.1) is 0 Å². The summed E-state index contributed by atoms with van der Waals surface area (Å²) in [5, 5.41) is 13.7. The Morgan fingerprint density at radius 3 is 2.65 bits per heavy atom. The molecule has 1 aromatic rings. The SMILES string of the molecule is COc1ccc(O)c(C(C)NC2CCC(C)C(C)C2)c1. The summed E-state index contributed by atoms with van der Waals surface area (Å²) in [7, 11) is 1.65. The molecule has 3 heteroatoms. The zero-order valence-electron chi connectivity index (χ0n) is 13.0. The van der Waals surface area contributed by atoms with Gasteiger partial charge in [-0.1, -0.05) is 13.8 Å². The Balaban J connectivity index is 2.03. The van der Waals surface area contributed by atoms with Crippen molar-refractivity contribution in [2.45, 2.75) is 52.1 Å². The fourth-order valence-electron chi connectivity index (χ4n) is 3.15. The van der Waals surface area contributed by atoms with Gasteiger partial charge in [0, 0.05) is 17.6 Å². The predicted molar refractivity (Wildman–Crippen MR) is 82.2 cm³/mol. The van der Waals surface area contributed by atoms with Crippen molar-refractivity contribution in [1.82, 2.24) is 5.32 Å². The molecular weight excluding hydrogens is 250 g/mol. The summed E-state index contributed by atoms with van der Waals surface area (Å²) < 4.78 is 5.24. The second kappa shape index (κ2) is 6.49. The highest BCUT2D eigenvalue weighted by Gasteiger charge is 2.26. The van der Waals surface area contributed by atoms with Gasteiger partial charge in [-0.2, -0.15) is 0 Å². The lowest BCUT2D eigenvalue weighted by atomic mass is 9.79. The molecule has 1 fully saturated rings. The fraction of sp³-hybridized carbons (Fsp3) is 0.647. The molecule has 0 saturated heterocycles. The van der Waals surface area contributed by atoms with E-state index in [9.17, 15) is 5.11 Å². The molecular formula is C17H27NO2. The van der Waals surface area contributed by atoms with Crippen LogP contribution in [-0.2, 0) is 0 Å². The minimum Gasteiger partial charge on any atom is -0.508 e. The Kier molecular flexibility index (Phi) is 4.92. The van der Waals surface area contributed by atoms with Crippen LogP contribution < -0.4 is 10.1 Å². The van der Waals surface area contributed by atoms with Gasteiger partial charge in [0.2, 0.25) is 0 Å². The maximum atomic E-state index is 10.0. The Bertz CT molecular complexity index is 447. The van der Waals surface area contributed by atoms with Gasteiger partial charge in [0.25, 0.3) is 0 Å². The summed E-state index contributed by atoms with van der Waals surface area (Å²) in [6.45, 7) is 6.79. The molecule has 4 unspecified atom stereocenters. The third kappa shape index (κ3) is 3.45. The number of hydrogen-bond acceptors (Lipinski definition) is 3. The number of ether oxygens (including phenoxy) is 1. The van der Waals surface area contributed by atoms with Crippen LogP contribution in [-0.4, -0.2) is 18.3 Å². The van der Waals surface area contributed by atoms with Gasteiger partial charge in [0.15, 0.2) is 0 Å². The molecule has 0 radical (unpaired) electrons. The lowest BCUT2D eigenvalue weighted by Gasteiger charge is -2.34. The number of phenolic OH excluding ortho intramolecular Hbond substituents is 1. The van der Waals surface area contributed by atoms with E-state index in [1.165, 1.54) is 19.3 Å². The van der Waals surface area contributed by atoms with Gasteiger partial charge >= 0.3 is 0 Å². The van der Waals surface area contributed by atoms with Gasteiger partial charge in [-0.05, 0) is 56.2 Å². The molecule has 1 aliphatic carbocycles. The second-order valence-electron chi connectivity index (χ2n) is 6.28. The number of aromatic hydroxyl groups is 1. The molecule has 2 N–H and O–H groups in total. The smallest absolute Gasteiger partial charge is 0.120 e. The van der Waals surface area contributed by atoms with Crippen LogP contribution in [0.25, 0.3) is 0 Å². The van der Waals surface area contributed by atoms with E-state index in [4.69, 9.17) is 4.74 Å². The maximum Gasteiger partial charge on any atom is 0.120 e. The molecule has 1 aromatic carbocycles. The van der Waals surface area contributed by atoms with Crippen LogP contribution in [0.5, 0.6) is 11.5 Å². The minimum atomic E-state index is 0.135. The third-order valence-corrected chi connectivity index (χ3v) is 4.79. The molecule has 112 valence electrons. The molecule has 1 aliphatic rings. The topological polar surface area (TPSA) is 41.5 Å². The molecule has 4 atom stereocenters. The van der Waals surface area contributed by atoms with Crippen molar-refractivity contribution in [2.75, 3.05) is 7.11 Å². The highest BCUT2D eigenvalue weighted by molar-refractivity contribution is 5.41. The van der Waals surface area contributed by atoms with Crippen molar-refractivity contribution < 1.29 is 9.84 Å². The first kappa shape index (κ1) is 15.2. The van der Waals surface area contributed by atoms with Gasteiger partial charge in [-0.3, -0.25) is 0 Å². The van der Waals surface area contributed by atoms with E-state index in [0.717, 1.165) is 23.1 Å². The first-order valence-corrected chi connectivity index (χ1v) is 7.64. The summed E-state index contributed by atoms with van der Waals surface area (Å²) >= 11 is 0. The van der Waals surface area contributed by atoms with Gasteiger partial charge < -0.3 is 15.2 Å². The highest BCUT2D eigenvalue weighted by atomic mass is 16.5. The van der Waals surface area contributed by atoms with E-state index in [1.54, 1.807) is 19.2 Å². The molecule has 0 aromatic heterocycles. The predicted octanol–water partition coefficient (Wildman–Crippen LogP) is 3.88. The molecule has 0 bridgehead atoms. The number of rotatable bonds is 4. The van der Waals surface area contributed by atoms with E-state index in [2.05, 4.69) is 26.1 Å². The summed E-state index contributed by atoms with van der Waals surface area (Å²) in [6.07, 6.45) is 3.73. The summed E-state index contributed by atoms with van der Waals surface area (Å²) in [5.41, 5.74) is 0.913. The van der Waals surface area contributed by atoms with Gasteiger partial charge in [0.1, 0.15) is 11.5 Å². The van der Waals surface area contributed by atoms with Crippen molar-refractivity contribution in [3.05, 3.63) is 23.8 Å². The van der Waals surface area contributed by atoms with Gasteiger partial charge in [0.05, 0.1) is 7.11 Å². The zero-order valence-corrected chi connectivity index (χ0v) is 13.0. The number of methoxy groups -OCH3 is 1. The highest BCUT2D eigenvalue weighted by Crippen LogP contribution is 2.33. The van der Waals surface area contributed by atoms with E-state index in [-0.39, 0.29) is 6.04 Å². The Hall–Kier alpha value is -1.22. The van der Waals surface area contributed by atoms with Crippen LogP contribution in [0, 0.1) is 11.8 Å². The Morgan fingerprint density at radius 2 is 2.00 bits per heavy atom. The third-order valence-electron chi connectivity index (χ3n) is 4.79. The number of phenols is 1. The van der Waals surface area contributed by atoms with Crippen LogP contribution in [0.4, 0.5) is 0 Å². The van der Waals surface area contributed by atoms with Gasteiger partial charge in [-0.25, -0.2) is 0 Å². The fourth-order valence-corrected chi connectivity index (χ4v) is 3.15. The van der Waals surface area contributed by atoms with Crippen molar-refractivity contribution in [3.63, 3.8) is 0 Å². The lowest BCUT2D eigenvalue weighted by Crippen LogP contribution is -2.37. The van der Waals surface area contributed by atoms with E-state index in [1.807, 2.05) is 6.07 Å². The standard InChI is InChI=1S/C17H27NO2/c1-11-5-6-14(9-12(11)2)18-13(3)16-10-15(20-4)7-8-17(16)19/h7-8,10-14,18-19H,5-6,9H2,1-4H3. The van der Waals surface area contributed by atoms with E-state index >= 15 is 0 Å². The Labute approximate surface area is 122 Å². The van der Waals surface area contributed by atoms with Crippen LogP contribution in [0.1, 0.15) is 51.6 Å². The number of nitrogens with one attached hydrogen (secondary N) is 1. The molecule has 0 aliphatic heterocycles. The molecule has 20 heavy (non-hydrogen) atoms. The molecule has 0 heterocycles. The van der Waals surface area contributed by atoms with Crippen molar-refractivity contribution in [2.24, 2.45) is 11.8 Å². The first-order chi connectivity index (χ1) is 9.51. The van der Waals surface area contributed by atoms with Crippen molar-refractivity contribution in [1.29, 1.82) is 0 Å². The van der Waals surface area contributed by atoms with Crippen molar-refractivity contribution in [3.8, 4) is 11.5 Å². The molecule has 1 saturated carbocycles. The lowest BCUT2D eigenvalue weighted by molar-refractivity contribution is 0.216. The summed E-state index contributed by atoms with van der Waals surface area (Å²) in [6, 6.07) is 6.09. The normalized spacial score (nSPS) is 28.1. The monoisotopic (exact) mass is 277 g/mol. The quantitative estimate of drug-likeness (QED) is 0.877. The molecule has 0 amide bonds. The van der Waals surface area contributed by atoms with Crippen molar-refractivity contribution >= 4 is 0 Å². The van der Waals surface area contributed by atoms with Crippen LogP contribution in [0.3, 0.4) is 0 Å². The summed E-state index contributed by atoms with van der Waals surface area (Å²) in [5.74, 6) is 2.72. The minimum absolute atomic E-state index is 0.135. The van der Waals surface area contributed by atoms with Crippen LogP contribution in [0.2, 0.25) is 0 Å². The maximum absolute atomic E-state index is 10.0. The van der Waals surface area contributed by atoms with E-state index in [0.29, 0.717) is 11.8 Å². The average molecular weight is 277 g/mol. The molecule has 0 spiro atoms. The van der Waals surface area contributed by atoms with Crippen LogP contribution in [0.15, 0.2) is 18.2 Å². The molecule has 3 nitrogen and oxygen atoms in total.